The van der Waals surface area contributed by atoms with Crippen LogP contribution in [-0.4, -0.2) is 63.3 Å². The highest BCUT2D eigenvalue weighted by Gasteiger charge is 2.55. The van der Waals surface area contributed by atoms with Gasteiger partial charge in [0.05, 0.1) is 17.0 Å². The molecule has 0 bridgehead atoms. The van der Waals surface area contributed by atoms with Crippen molar-refractivity contribution in [3.8, 4) is 0 Å². The highest BCUT2D eigenvalue weighted by Crippen LogP contribution is 2.43. The quantitative estimate of drug-likeness (QED) is 0.533. The molecule has 1 aromatic heterocycles. The summed E-state index contributed by atoms with van der Waals surface area (Å²) in [6.45, 7) is -0.198. The molecule has 2 N–H and O–H groups in total. The second-order valence-electron chi connectivity index (χ2n) is 9.87. The molecule has 3 heterocycles. The Balaban J connectivity index is 1.42. The molecule has 15 heteroatoms. The van der Waals surface area contributed by atoms with Crippen LogP contribution in [-0.2, 0) is 27.8 Å². The van der Waals surface area contributed by atoms with Crippen LogP contribution in [0.5, 0.6) is 0 Å². The zero-order valence-electron chi connectivity index (χ0n) is 19.9. The molecule has 2 aromatic rings. The summed E-state index contributed by atoms with van der Waals surface area (Å²) in [7, 11) is -3.72. The van der Waals surface area contributed by atoms with E-state index in [4.69, 9.17) is 4.74 Å². The van der Waals surface area contributed by atoms with Gasteiger partial charge in [0, 0.05) is 36.5 Å². The first kappa shape index (κ1) is 26.8. The molecule has 5 rings (SSSR count). The molecule has 0 unspecified atom stereocenters. The molecule has 2 fully saturated rings. The van der Waals surface area contributed by atoms with Crippen LogP contribution in [0.2, 0.25) is 0 Å². The average Bonchev–Trinajstić information content (AvgIpc) is 3.56. The number of fused-ring (bicyclic) bond motifs is 1. The number of carboxylic acid groups (broad SMARTS) is 1. The van der Waals surface area contributed by atoms with Crippen molar-refractivity contribution in [1.29, 1.82) is 0 Å². The first-order valence-corrected chi connectivity index (χ1v) is 13.6. The lowest BCUT2D eigenvalue weighted by Gasteiger charge is -2.45. The summed E-state index contributed by atoms with van der Waals surface area (Å²) in [6.07, 6.45) is -7.16. The van der Waals surface area contributed by atoms with Gasteiger partial charge in [0.2, 0.25) is 0 Å². The number of halogens is 5. The van der Waals surface area contributed by atoms with Crippen molar-refractivity contribution in [2.45, 2.75) is 80.9 Å². The summed E-state index contributed by atoms with van der Waals surface area (Å²) in [5.41, 5.74) is 0.205. The number of carbonyl (C=O) groups is 1. The van der Waals surface area contributed by atoms with E-state index in [1.165, 1.54) is 11.1 Å². The molecule has 208 valence electrons. The predicted molar refractivity (Wildman–Crippen MR) is 121 cm³/mol. The van der Waals surface area contributed by atoms with Gasteiger partial charge in [-0.15, -0.1) is 0 Å². The fraction of sp³-hybridized carbons (Fsp3) is 0.565. The summed E-state index contributed by atoms with van der Waals surface area (Å²) < 4.78 is 103. The molecule has 0 spiro atoms. The van der Waals surface area contributed by atoms with Crippen molar-refractivity contribution in [1.82, 2.24) is 19.4 Å². The number of ether oxygens (including phenoxy) is 1. The van der Waals surface area contributed by atoms with Crippen LogP contribution in [0.1, 0.15) is 55.0 Å². The Morgan fingerprint density at radius 1 is 1.16 bits per heavy atom. The standard InChI is InChI=1S/C23H25F5N4O5S/c24-13-5-6-16(25)15(7-13)20-17(29-22(33)34)8-19(21(37-20)23(26,27)28)31-9-12-10-32(30-18(12)11-31)38(35,36)14-3-1-2-4-14/h5-7,10,14,17,19-21,29H,1-4,8-9,11H2,(H,33,34)/t17-,19+,20+,21-/m0/s1. The minimum atomic E-state index is -4.92. The van der Waals surface area contributed by atoms with E-state index >= 15 is 0 Å². The number of hydrogen-bond donors (Lipinski definition) is 2. The lowest BCUT2D eigenvalue weighted by molar-refractivity contribution is -0.270. The largest absolute Gasteiger partial charge is 0.465 e. The third kappa shape index (κ3) is 4.98. The zero-order chi connectivity index (χ0) is 27.4. The minimum Gasteiger partial charge on any atom is -0.465 e. The maximum atomic E-state index is 14.5. The second-order valence-corrected chi connectivity index (χ2v) is 11.9. The van der Waals surface area contributed by atoms with Crippen molar-refractivity contribution < 1.29 is 45.0 Å². The van der Waals surface area contributed by atoms with Crippen molar-refractivity contribution in [2.24, 2.45) is 0 Å². The molecular formula is C23H25F5N4O5S. The van der Waals surface area contributed by atoms with Crippen LogP contribution in [0, 0.1) is 11.6 Å². The monoisotopic (exact) mass is 564 g/mol. The van der Waals surface area contributed by atoms with E-state index in [2.05, 4.69) is 10.4 Å². The average molecular weight is 565 g/mol. The van der Waals surface area contributed by atoms with E-state index in [0.29, 0.717) is 30.2 Å². The summed E-state index contributed by atoms with van der Waals surface area (Å²) in [5, 5.41) is 15.0. The third-order valence-corrected chi connectivity index (χ3v) is 9.46. The van der Waals surface area contributed by atoms with Crippen molar-refractivity contribution >= 4 is 16.1 Å². The van der Waals surface area contributed by atoms with Gasteiger partial charge in [0.25, 0.3) is 10.0 Å². The maximum Gasteiger partial charge on any atom is 0.416 e. The molecule has 4 atom stereocenters. The predicted octanol–water partition coefficient (Wildman–Crippen LogP) is 3.69. The number of aromatic nitrogens is 2. The summed E-state index contributed by atoms with van der Waals surface area (Å²) in [4.78, 5) is 12.8. The molecule has 3 aliphatic rings. The van der Waals surface area contributed by atoms with Crippen LogP contribution in [0.3, 0.4) is 0 Å². The minimum absolute atomic E-state index is 0.0745. The molecule has 38 heavy (non-hydrogen) atoms. The lowest BCUT2D eigenvalue weighted by atomic mass is 9.88. The first-order valence-electron chi connectivity index (χ1n) is 12.1. The van der Waals surface area contributed by atoms with Crippen LogP contribution in [0.4, 0.5) is 26.7 Å². The number of nitrogens with zero attached hydrogens (tertiary/aromatic N) is 3. The fourth-order valence-electron chi connectivity index (χ4n) is 5.66. The Labute approximate surface area is 214 Å². The summed E-state index contributed by atoms with van der Waals surface area (Å²) >= 11 is 0. The highest BCUT2D eigenvalue weighted by atomic mass is 32.2. The van der Waals surface area contributed by atoms with Crippen LogP contribution in [0.15, 0.2) is 24.4 Å². The summed E-state index contributed by atoms with van der Waals surface area (Å²) in [5.74, 6) is -1.95. The number of rotatable bonds is 5. The van der Waals surface area contributed by atoms with Gasteiger partial charge in [-0.3, -0.25) is 4.90 Å². The van der Waals surface area contributed by atoms with Gasteiger partial charge in [0.1, 0.15) is 17.7 Å². The fourth-order valence-corrected chi connectivity index (χ4v) is 7.38. The Bertz CT molecular complexity index is 1300. The van der Waals surface area contributed by atoms with Crippen LogP contribution >= 0.6 is 0 Å². The Morgan fingerprint density at radius 2 is 1.87 bits per heavy atom. The van der Waals surface area contributed by atoms with E-state index < -0.39 is 75.5 Å². The number of alkyl halides is 3. The van der Waals surface area contributed by atoms with Gasteiger partial charge in [0.15, 0.2) is 6.10 Å². The van der Waals surface area contributed by atoms with Crippen molar-refractivity contribution in [2.75, 3.05) is 0 Å². The van der Waals surface area contributed by atoms with Crippen molar-refractivity contribution in [3.05, 3.63) is 52.9 Å². The van der Waals surface area contributed by atoms with Crippen molar-refractivity contribution in [3.63, 3.8) is 0 Å². The molecule has 2 aliphatic heterocycles. The molecule has 1 saturated heterocycles. The number of hydrogen-bond acceptors (Lipinski definition) is 6. The maximum absolute atomic E-state index is 14.5. The SMILES string of the molecule is O=C(O)N[C@H]1C[C@@H](N2Cc3cn(S(=O)(=O)C4CCCC4)nc3C2)[C@@H](C(F)(F)F)O[C@@H]1c1cc(F)ccc1F. The highest BCUT2D eigenvalue weighted by molar-refractivity contribution is 7.90. The van der Waals surface area contributed by atoms with E-state index in [9.17, 15) is 40.3 Å². The molecule has 1 amide bonds. The lowest BCUT2D eigenvalue weighted by Crippen LogP contribution is -2.59. The normalized spacial score (nSPS) is 27.0. The number of amides is 1. The third-order valence-electron chi connectivity index (χ3n) is 7.44. The van der Waals surface area contributed by atoms with E-state index in [0.717, 1.165) is 29.1 Å². The first-order chi connectivity index (χ1) is 17.8. The molecule has 1 saturated carbocycles. The topological polar surface area (TPSA) is 114 Å². The van der Waals surface area contributed by atoms with Gasteiger partial charge >= 0.3 is 12.3 Å². The summed E-state index contributed by atoms with van der Waals surface area (Å²) in [6, 6.07) is -0.530. The Kier molecular flexibility index (Phi) is 6.88. The number of benzene rings is 1. The second kappa shape index (κ2) is 9.75. The van der Waals surface area contributed by atoms with E-state index in [1.54, 1.807) is 0 Å². The van der Waals surface area contributed by atoms with Gasteiger partial charge in [-0.25, -0.2) is 22.0 Å². The molecule has 0 radical (unpaired) electrons. The Hall–Kier alpha value is -2.78. The molecule has 1 aliphatic carbocycles. The van der Waals surface area contributed by atoms with Gasteiger partial charge < -0.3 is 15.2 Å². The zero-order valence-corrected chi connectivity index (χ0v) is 20.7. The van der Waals surface area contributed by atoms with E-state index in [-0.39, 0.29) is 13.1 Å². The van der Waals surface area contributed by atoms with Gasteiger partial charge in [-0.1, -0.05) is 12.8 Å². The molecule has 9 nitrogen and oxygen atoms in total. The van der Waals surface area contributed by atoms with Crippen LogP contribution in [0.25, 0.3) is 0 Å². The van der Waals surface area contributed by atoms with Gasteiger partial charge in [-0.2, -0.15) is 22.4 Å². The molecule has 1 aromatic carbocycles. The Morgan fingerprint density at radius 3 is 2.50 bits per heavy atom. The van der Waals surface area contributed by atoms with E-state index in [1.807, 2.05) is 0 Å². The molecular weight excluding hydrogens is 539 g/mol. The number of nitrogens with one attached hydrogen (secondary N) is 1. The smallest absolute Gasteiger partial charge is 0.416 e. The van der Waals surface area contributed by atoms with Crippen LogP contribution < -0.4 is 5.32 Å². The van der Waals surface area contributed by atoms with Gasteiger partial charge in [-0.05, 0) is 37.5 Å².